The van der Waals surface area contributed by atoms with Gasteiger partial charge in [0.25, 0.3) is 0 Å². The molecule has 1 N–H and O–H groups in total. The van der Waals surface area contributed by atoms with Crippen molar-refractivity contribution in [2.45, 2.75) is 49.7 Å². The van der Waals surface area contributed by atoms with Crippen molar-refractivity contribution in [2.24, 2.45) is 5.92 Å². The summed E-state index contributed by atoms with van der Waals surface area (Å²) in [6.45, 7) is 3.12. The molecule has 1 heterocycles. The summed E-state index contributed by atoms with van der Waals surface area (Å²) in [5.74, 6) is 1.44. The fourth-order valence-electron chi connectivity index (χ4n) is 5.81. The highest BCUT2D eigenvalue weighted by molar-refractivity contribution is 5.83. The highest BCUT2D eigenvalue weighted by atomic mass is 16.5. The Kier molecular flexibility index (Phi) is 3.33. The average molecular weight is 315 g/mol. The van der Waals surface area contributed by atoms with E-state index < -0.39 is 0 Å². The van der Waals surface area contributed by atoms with E-state index in [1.165, 1.54) is 11.1 Å². The second kappa shape index (κ2) is 5.05. The molecule has 1 saturated heterocycles. The zero-order valence-corrected chi connectivity index (χ0v) is 14.1. The minimum Gasteiger partial charge on any atom is -0.497 e. The Balaban J connectivity index is 1.99. The van der Waals surface area contributed by atoms with E-state index in [1.807, 2.05) is 13.2 Å². The molecule has 4 heteroatoms. The Morgan fingerprint density at radius 2 is 2.09 bits per heavy atom. The number of hydrogen-bond acceptors (Lipinski definition) is 4. The van der Waals surface area contributed by atoms with E-state index >= 15 is 0 Å². The Morgan fingerprint density at radius 3 is 2.83 bits per heavy atom. The van der Waals surface area contributed by atoms with Crippen molar-refractivity contribution in [3.05, 3.63) is 29.3 Å². The first-order valence-corrected chi connectivity index (χ1v) is 8.55. The van der Waals surface area contributed by atoms with Gasteiger partial charge in [0.05, 0.1) is 12.7 Å². The lowest BCUT2D eigenvalue weighted by molar-refractivity contribution is -0.182. The van der Waals surface area contributed by atoms with Crippen LogP contribution in [0, 0.1) is 5.92 Å². The van der Waals surface area contributed by atoms with Crippen molar-refractivity contribution in [3.8, 4) is 5.75 Å². The van der Waals surface area contributed by atoms with Crippen LogP contribution in [0.2, 0.25) is 0 Å². The monoisotopic (exact) mass is 315 g/mol. The first-order chi connectivity index (χ1) is 11.1. The second-order valence-electron chi connectivity index (χ2n) is 7.38. The molecule has 0 aromatic heterocycles. The molecule has 2 fully saturated rings. The van der Waals surface area contributed by atoms with E-state index in [1.54, 1.807) is 7.11 Å². The minimum atomic E-state index is -0.307. The Bertz CT molecular complexity index is 658. The van der Waals surface area contributed by atoms with Gasteiger partial charge in [0.1, 0.15) is 11.5 Å². The van der Waals surface area contributed by atoms with E-state index in [4.69, 9.17) is 9.47 Å². The van der Waals surface area contributed by atoms with E-state index in [0.29, 0.717) is 18.6 Å². The summed E-state index contributed by atoms with van der Waals surface area (Å²) in [5.41, 5.74) is 2.07. The van der Waals surface area contributed by atoms with Gasteiger partial charge in [-0.3, -0.25) is 4.79 Å². The average Bonchev–Trinajstić information content (AvgIpc) is 2.54. The Hall–Kier alpha value is -1.39. The Morgan fingerprint density at radius 1 is 1.26 bits per heavy atom. The van der Waals surface area contributed by atoms with Crippen LogP contribution in [0.25, 0.3) is 0 Å². The van der Waals surface area contributed by atoms with Gasteiger partial charge in [-0.25, -0.2) is 0 Å². The first kappa shape index (κ1) is 15.2. The van der Waals surface area contributed by atoms with Crippen molar-refractivity contribution in [1.29, 1.82) is 0 Å². The third-order valence-corrected chi connectivity index (χ3v) is 6.57. The topological polar surface area (TPSA) is 47.6 Å². The number of benzene rings is 1. The molecule has 2 aliphatic carbocycles. The number of Topliss-reactive ketones (excluding diaryl/α,β-unsaturated/α-hetero) is 1. The van der Waals surface area contributed by atoms with Crippen LogP contribution in [0.4, 0.5) is 0 Å². The molecule has 4 nitrogen and oxygen atoms in total. The number of methoxy groups -OCH3 is 2. The molecule has 1 aromatic rings. The number of fused-ring (bicyclic) bond motifs is 1. The molecule has 1 saturated carbocycles. The number of rotatable bonds is 2. The number of carbonyl (C=O) groups excluding carboxylic acids is 1. The van der Waals surface area contributed by atoms with Crippen LogP contribution in [0.5, 0.6) is 5.75 Å². The predicted molar refractivity (Wildman–Crippen MR) is 87.9 cm³/mol. The maximum absolute atomic E-state index is 12.5. The smallest absolute Gasteiger partial charge is 0.134 e. The number of ketones is 1. The first-order valence-electron chi connectivity index (χ1n) is 8.55. The number of ether oxygens (including phenoxy) is 2. The van der Waals surface area contributed by atoms with Gasteiger partial charge in [-0.2, -0.15) is 0 Å². The van der Waals surface area contributed by atoms with Crippen LogP contribution < -0.4 is 10.1 Å². The lowest BCUT2D eigenvalue weighted by Gasteiger charge is -2.64. The molecule has 0 amide bonds. The van der Waals surface area contributed by atoms with Crippen LogP contribution >= 0.6 is 0 Å². The SMILES string of the molecule is COc1ccc2c(c1)[C@@]13CCN[C@H](C2)[C@]1(OC)[C@@H](C)CC(=O)C3. The minimum absolute atomic E-state index is 0.214. The van der Waals surface area contributed by atoms with Crippen molar-refractivity contribution in [3.63, 3.8) is 0 Å². The molecule has 0 spiro atoms. The third-order valence-electron chi connectivity index (χ3n) is 6.57. The van der Waals surface area contributed by atoms with Gasteiger partial charge in [-0.15, -0.1) is 0 Å². The fraction of sp³-hybridized carbons (Fsp3) is 0.632. The summed E-state index contributed by atoms with van der Waals surface area (Å²) in [7, 11) is 3.53. The summed E-state index contributed by atoms with van der Waals surface area (Å²) >= 11 is 0. The van der Waals surface area contributed by atoms with Gasteiger partial charge < -0.3 is 14.8 Å². The highest BCUT2D eigenvalue weighted by Gasteiger charge is 2.66. The summed E-state index contributed by atoms with van der Waals surface area (Å²) < 4.78 is 11.7. The van der Waals surface area contributed by atoms with Crippen LogP contribution in [0.3, 0.4) is 0 Å². The molecule has 0 unspecified atom stereocenters. The summed E-state index contributed by atoms with van der Waals surface area (Å²) in [4.78, 5) is 12.5. The van der Waals surface area contributed by atoms with Gasteiger partial charge in [0.2, 0.25) is 0 Å². The van der Waals surface area contributed by atoms with Crippen molar-refractivity contribution >= 4 is 5.78 Å². The summed E-state index contributed by atoms with van der Waals surface area (Å²) in [6, 6.07) is 6.61. The predicted octanol–water partition coefficient (Wildman–Crippen LogP) is 2.24. The van der Waals surface area contributed by atoms with Gasteiger partial charge in [-0.05, 0) is 48.6 Å². The number of hydrogen-bond donors (Lipinski definition) is 1. The molecule has 4 atom stereocenters. The van der Waals surface area contributed by atoms with Gasteiger partial charge in [0.15, 0.2) is 0 Å². The normalized spacial score (nSPS) is 38.7. The number of piperidine rings is 1. The summed E-state index contributed by atoms with van der Waals surface area (Å²) in [6.07, 6.45) is 3.09. The van der Waals surface area contributed by atoms with E-state index in [0.717, 1.165) is 25.1 Å². The van der Waals surface area contributed by atoms with Gasteiger partial charge >= 0.3 is 0 Å². The molecular weight excluding hydrogens is 290 g/mol. The van der Waals surface area contributed by atoms with Crippen molar-refractivity contribution in [1.82, 2.24) is 5.32 Å². The quantitative estimate of drug-likeness (QED) is 0.909. The molecule has 1 aromatic carbocycles. The molecule has 2 bridgehead atoms. The number of nitrogens with one attached hydrogen (secondary N) is 1. The van der Waals surface area contributed by atoms with Crippen LogP contribution in [-0.2, 0) is 21.4 Å². The van der Waals surface area contributed by atoms with Crippen LogP contribution in [0.15, 0.2) is 18.2 Å². The molecule has 4 rings (SSSR count). The van der Waals surface area contributed by atoms with Gasteiger partial charge in [0, 0.05) is 31.4 Å². The van der Waals surface area contributed by atoms with E-state index in [2.05, 4.69) is 24.4 Å². The summed E-state index contributed by atoms with van der Waals surface area (Å²) in [5, 5.41) is 3.68. The number of carbonyl (C=O) groups is 1. The second-order valence-corrected chi connectivity index (χ2v) is 7.38. The largest absolute Gasteiger partial charge is 0.497 e. The molecule has 1 aliphatic heterocycles. The lowest BCUT2D eigenvalue weighted by atomic mass is 9.47. The molecule has 0 radical (unpaired) electrons. The highest BCUT2D eigenvalue weighted by Crippen LogP contribution is 2.59. The lowest BCUT2D eigenvalue weighted by Crippen LogP contribution is -2.76. The third kappa shape index (κ3) is 1.76. The maximum Gasteiger partial charge on any atom is 0.134 e. The maximum atomic E-state index is 12.5. The van der Waals surface area contributed by atoms with Gasteiger partial charge in [-0.1, -0.05) is 13.0 Å². The van der Waals surface area contributed by atoms with E-state index in [-0.39, 0.29) is 23.0 Å². The van der Waals surface area contributed by atoms with Crippen molar-refractivity contribution < 1.29 is 14.3 Å². The fourth-order valence-corrected chi connectivity index (χ4v) is 5.81. The van der Waals surface area contributed by atoms with Crippen molar-refractivity contribution in [2.75, 3.05) is 20.8 Å². The Labute approximate surface area is 137 Å². The molecule has 23 heavy (non-hydrogen) atoms. The van der Waals surface area contributed by atoms with Crippen LogP contribution in [-0.4, -0.2) is 38.2 Å². The zero-order chi connectivity index (χ0) is 16.2. The van der Waals surface area contributed by atoms with Crippen LogP contribution in [0.1, 0.15) is 37.3 Å². The zero-order valence-electron chi connectivity index (χ0n) is 14.1. The molecule has 3 aliphatic rings. The molecular formula is C19H25NO3. The standard InChI is InChI=1S/C19H25NO3/c1-12-8-14(21)11-18-6-7-20-17(19(12,18)23-3)9-13-4-5-15(22-2)10-16(13)18/h4-5,10,12,17,20H,6-9,11H2,1-3H3/t12-,17+,18-,19+/m0/s1. The molecule has 124 valence electrons. The van der Waals surface area contributed by atoms with E-state index in [9.17, 15) is 4.79 Å².